The van der Waals surface area contributed by atoms with Gasteiger partial charge in [0.2, 0.25) is 10.0 Å². The normalized spacial score (nSPS) is 22.9. The minimum Gasteiger partial charge on any atom is -0.388 e. The van der Waals surface area contributed by atoms with Gasteiger partial charge in [0.05, 0.1) is 10.6 Å². The Bertz CT molecular complexity index is 1410. The van der Waals surface area contributed by atoms with Crippen LogP contribution in [-0.2, 0) is 14.8 Å². The summed E-state index contributed by atoms with van der Waals surface area (Å²) < 4.78 is 35.4. The molecule has 0 amide bonds. The maximum absolute atomic E-state index is 12.8. The number of aromatic nitrogens is 3. The SMILES string of the molecule is Nc1ncnn2c([C@@H]3O[C@H](CNS(=O)(=O)c4ccc(-c5ccccc5)cc4)[C@@H](O)[C@H]3O)ccc12. The van der Waals surface area contributed by atoms with E-state index >= 15 is 0 Å². The number of hydrogen-bond acceptors (Lipinski definition) is 8. The first kappa shape index (κ1) is 22.4. The van der Waals surface area contributed by atoms with E-state index in [1.165, 1.54) is 23.0 Å². The highest BCUT2D eigenvalue weighted by molar-refractivity contribution is 7.89. The Hall–Kier alpha value is -3.35. The topological polar surface area (TPSA) is 152 Å². The first-order valence-corrected chi connectivity index (χ1v) is 12.1. The van der Waals surface area contributed by atoms with Crippen LogP contribution >= 0.6 is 0 Å². The second-order valence-corrected chi connectivity index (χ2v) is 9.79. The average Bonchev–Trinajstić information content (AvgIpc) is 3.40. The monoisotopic (exact) mass is 481 g/mol. The number of aliphatic hydroxyl groups excluding tert-OH is 2. The highest BCUT2D eigenvalue weighted by Gasteiger charge is 2.45. The summed E-state index contributed by atoms with van der Waals surface area (Å²) in [6.45, 7) is -0.224. The number of fused-ring (bicyclic) bond motifs is 1. The van der Waals surface area contributed by atoms with Crippen molar-refractivity contribution in [1.29, 1.82) is 0 Å². The fraction of sp³-hybridized carbons (Fsp3) is 0.217. The molecule has 11 heteroatoms. The number of nitrogens with two attached hydrogens (primary N) is 1. The van der Waals surface area contributed by atoms with Crippen molar-refractivity contribution < 1.29 is 23.4 Å². The summed E-state index contributed by atoms with van der Waals surface area (Å²) in [5.41, 5.74) is 8.72. The fourth-order valence-electron chi connectivity index (χ4n) is 4.08. The second kappa shape index (κ2) is 8.78. The van der Waals surface area contributed by atoms with Crippen LogP contribution in [0, 0.1) is 0 Å². The van der Waals surface area contributed by atoms with Crippen LogP contribution in [0.1, 0.15) is 11.8 Å². The van der Waals surface area contributed by atoms with Crippen LogP contribution in [0.4, 0.5) is 5.82 Å². The molecule has 3 heterocycles. The average molecular weight is 482 g/mol. The molecule has 1 saturated heterocycles. The molecule has 10 nitrogen and oxygen atoms in total. The minimum absolute atomic E-state index is 0.0847. The highest BCUT2D eigenvalue weighted by Crippen LogP contribution is 2.34. The van der Waals surface area contributed by atoms with Gasteiger partial charge in [0.1, 0.15) is 36.3 Å². The van der Waals surface area contributed by atoms with E-state index in [0.29, 0.717) is 11.2 Å². The van der Waals surface area contributed by atoms with Gasteiger partial charge in [-0.3, -0.25) is 0 Å². The summed E-state index contributed by atoms with van der Waals surface area (Å²) in [5, 5.41) is 25.2. The van der Waals surface area contributed by atoms with E-state index in [1.54, 1.807) is 24.3 Å². The van der Waals surface area contributed by atoms with Crippen LogP contribution in [0.2, 0.25) is 0 Å². The smallest absolute Gasteiger partial charge is 0.240 e. The van der Waals surface area contributed by atoms with Gasteiger partial charge in [-0.25, -0.2) is 22.6 Å². The van der Waals surface area contributed by atoms with Gasteiger partial charge in [-0.2, -0.15) is 5.10 Å². The zero-order valence-corrected chi connectivity index (χ0v) is 18.7. The van der Waals surface area contributed by atoms with Gasteiger partial charge in [-0.05, 0) is 35.4 Å². The van der Waals surface area contributed by atoms with Crippen molar-refractivity contribution in [2.24, 2.45) is 0 Å². The first-order valence-electron chi connectivity index (χ1n) is 10.6. The predicted molar refractivity (Wildman–Crippen MR) is 124 cm³/mol. The standard InChI is InChI=1S/C23H23N5O5S/c24-23-18-11-10-17(28(18)26-13-25-23)22-21(30)20(29)19(33-22)12-27-34(31,32)16-8-6-15(7-9-16)14-4-2-1-3-5-14/h1-11,13,19-22,27,29-30H,12H2,(H2,24,25,26)/t19-,20-,21-,22+/m1/s1. The number of rotatable bonds is 6. The summed E-state index contributed by atoms with van der Waals surface area (Å²) in [6.07, 6.45) is -3.21. The molecule has 0 spiro atoms. The largest absolute Gasteiger partial charge is 0.388 e. The Morgan fingerprint density at radius 1 is 0.971 bits per heavy atom. The number of sulfonamides is 1. The van der Waals surface area contributed by atoms with Crippen molar-refractivity contribution in [1.82, 2.24) is 19.3 Å². The van der Waals surface area contributed by atoms with E-state index in [0.717, 1.165) is 11.1 Å². The Kier molecular flexibility index (Phi) is 5.80. The van der Waals surface area contributed by atoms with Gasteiger partial charge in [0.25, 0.3) is 0 Å². The molecule has 0 saturated carbocycles. The van der Waals surface area contributed by atoms with Gasteiger partial charge in [0.15, 0.2) is 5.82 Å². The molecule has 1 fully saturated rings. The zero-order chi connectivity index (χ0) is 23.9. The molecular weight excluding hydrogens is 458 g/mol. The molecule has 1 aliphatic rings. The summed E-state index contributed by atoms with van der Waals surface area (Å²) in [5.74, 6) is 0.261. The van der Waals surface area contributed by atoms with E-state index in [4.69, 9.17) is 10.5 Å². The van der Waals surface area contributed by atoms with Gasteiger partial charge in [-0.1, -0.05) is 42.5 Å². The molecule has 0 aliphatic carbocycles. The van der Waals surface area contributed by atoms with E-state index in [-0.39, 0.29) is 17.3 Å². The number of ether oxygens (including phenoxy) is 1. The molecule has 2 aromatic heterocycles. The Morgan fingerprint density at radius 2 is 1.68 bits per heavy atom. The van der Waals surface area contributed by atoms with E-state index in [1.807, 2.05) is 30.3 Å². The van der Waals surface area contributed by atoms with Gasteiger partial charge in [-0.15, -0.1) is 0 Å². The van der Waals surface area contributed by atoms with Crippen molar-refractivity contribution in [2.75, 3.05) is 12.3 Å². The molecule has 4 aromatic rings. The number of nitrogen functional groups attached to an aromatic ring is 1. The lowest BCUT2D eigenvalue weighted by atomic mass is 10.1. The number of hydrogen-bond donors (Lipinski definition) is 4. The zero-order valence-electron chi connectivity index (χ0n) is 17.9. The third kappa shape index (κ3) is 4.04. The van der Waals surface area contributed by atoms with Gasteiger partial charge >= 0.3 is 0 Å². The van der Waals surface area contributed by atoms with Crippen molar-refractivity contribution in [3.8, 4) is 11.1 Å². The summed E-state index contributed by atoms with van der Waals surface area (Å²) in [7, 11) is -3.86. The molecule has 1 aliphatic heterocycles. The number of nitrogens with zero attached hydrogens (tertiary/aromatic N) is 3. The molecule has 0 radical (unpaired) electrons. The van der Waals surface area contributed by atoms with Crippen LogP contribution in [0.3, 0.4) is 0 Å². The Labute approximate surface area is 195 Å². The van der Waals surface area contributed by atoms with Crippen LogP contribution in [0.15, 0.2) is 78.0 Å². The minimum atomic E-state index is -3.86. The van der Waals surface area contributed by atoms with Gasteiger partial charge < -0.3 is 20.7 Å². The van der Waals surface area contributed by atoms with Crippen molar-refractivity contribution in [3.63, 3.8) is 0 Å². The molecule has 5 N–H and O–H groups in total. The molecule has 0 bridgehead atoms. The number of aliphatic hydroxyl groups is 2. The van der Waals surface area contributed by atoms with Crippen molar-refractivity contribution >= 4 is 21.4 Å². The lowest BCUT2D eigenvalue weighted by Gasteiger charge is -2.15. The third-order valence-corrected chi connectivity index (χ3v) is 7.35. The quantitative estimate of drug-likeness (QED) is 0.320. The van der Waals surface area contributed by atoms with Crippen LogP contribution < -0.4 is 10.5 Å². The third-order valence-electron chi connectivity index (χ3n) is 5.91. The van der Waals surface area contributed by atoms with Crippen molar-refractivity contribution in [2.45, 2.75) is 29.3 Å². The summed E-state index contributed by atoms with van der Waals surface area (Å²) in [4.78, 5) is 4.01. The molecular formula is C23H23N5O5S. The number of anilines is 1. The molecule has 176 valence electrons. The predicted octanol–water partition coefficient (Wildman–Crippen LogP) is 1.12. The highest BCUT2D eigenvalue weighted by atomic mass is 32.2. The number of benzene rings is 2. The van der Waals surface area contributed by atoms with E-state index < -0.39 is 34.4 Å². The summed E-state index contributed by atoms with van der Waals surface area (Å²) >= 11 is 0. The summed E-state index contributed by atoms with van der Waals surface area (Å²) in [6, 6.07) is 19.5. The van der Waals surface area contributed by atoms with Crippen LogP contribution in [0.5, 0.6) is 0 Å². The lowest BCUT2D eigenvalue weighted by molar-refractivity contribution is 0.00680. The molecule has 0 unspecified atom stereocenters. The molecule has 5 rings (SSSR count). The molecule has 4 atom stereocenters. The Balaban J connectivity index is 1.29. The maximum atomic E-state index is 12.8. The van der Waals surface area contributed by atoms with E-state index in [9.17, 15) is 18.6 Å². The lowest BCUT2D eigenvalue weighted by Crippen LogP contribution is -2.39. The fourth-order valence-corrected chi connectivity index (χ4v) is 5.13. The van der Waals surface area contributed by atoms with E-state index in [2.05, 4.69) is 14.8 Å². The second-order valence-electron chi connectivity index (χ2n) is 8.02. The first-order chi connectivity index (χ1) is 16.3. The number of nitrogens with one attached hydrogen (secondary N) is 1. The Morgan fingerprint density at radius 3 is 2.41 bits per heavy atom. The van der Waals surface area contributed by atoms with Crippen molar-refractivity contribution in [3.05, 3.63) is 78.8 Å². The molecule has 2 aromatic carbocycles. The molecule has 34 heavy (non-hydrogen) atoms. The maximum Gasteiger partial charge on any atom is 0.240 e. The van der Waals surface area contributed by atoms with Crippen LogP contribution in [0.25, 0.3) is 16.6 Å². The van der Waals surface area contributed by atoms with Gasteiger partial charge in [0, 0.05) is 6.54 Å². The van der Waals surface area contributed by atoms with Crippen LogP contribution in [-0.4, -0.2) is 58.1 Å².